The summed E-state index contributed by atoms with van der Waals surface area (Å²) in [5.74, 6) is 0.910. The van der Waals surface area contributed by atoms with Crippen molar-refractivity contribution in [1.82, 2.24) is 20.4 Å². The van der Waals surface area contributed by atoms with Crippen LogP contribution in [0.25, 0.3) is 0 Å². The van der Waals surface area contributed by atoms with Gasteiger partial charge in [-0.05, 0) is 63.6 Å². The van der Waals surface area contributed by atoms with Gasteiger partial charge in [0.15, 0.2) is 0 Å². The van der Waals surface area contributed by atoms with Gasteiger partial charge in [0.05, 0.1) is 11.2 Å². The van der Waals surface area contributed by atoms with Crippen LogP contribution in [0.15, 0.2) is 18.3 Å². The number of hydrogen-bond donors (Lipinski definition) is 1. The molecule has 0 spiro atoms. The Kier molecular flexibility index (Phi) is 4.19. The van der Waals surface area contributed by atoms with Crippen molar-refractivity contribution in [2.24, 2.45) is 5.92 Å². The lowest BCUT2D eigenvalue weighted by atomic mass is 9.90. The van der Waals surface area contributed by atoms with E-state index in [-0.39, 0.29) is 11.4 Å². The van der Waals surface area contributed by atoms with Crippen molar-refractivity contribution >= 4 is 5.91 Å². The van der Waals surface area contributed by atoms with Crippen molar-refractivity contribution in [3.05, 3.63) is 24.0 Å². The largest absolute Gasteiger partial charge is 0.341 e. The molecular weight excluding hydrogens is 264 g/mol. The fourth-order valence-corrected chi connectivity index (χ4v) is 3.50. The molecule has 2 aliphatic rings. The maximum Gasteiger partial charge on any atom is 0.242 e. The number of nitrogens with one attached hydrogen (secondary N) is 1. The van der Waals surface area contributed by atoms with Gasteiger partial charge in [-0.2, -0.15) is 10.2 Å². The van der Waals surface area contributed by atoms with E-state index in [1.807, 2.05) is 24.0 Å². The first-order valence-corrected chi connectivity index (χ1v) is 7.98. The molecule has 1 N–H and O–H groups in total. The molecule has 2 aliphatic heterocycles. The van der Waals surface area contributed by atoms with E-state index in [2.05, 4.69) is 15.5 Å². The van der Waals surface area contributed by atoms with Crippen LogP contribution < -0.4 is 5.32 Å². The minimum Gasteiger partial charge on any atom is -0.341 e. The van der Waals surface area contributed by atoms with E-state index in [1.54, 1.807) is 6.20 Å². The Morgan fingerprint density at radius 3 is 2.90 bits per heavy atom. The molecule has 2 fully saturated rings. The zero-order valence-electron chi connectivity index (χ0n) is 12.7. The molecule has 0 bridgehead atoms. The van der Waals surface area contributed by atoms with Crippen molar-refractivity contribution in [1.29, 1.82) is 0 Å². The molecule has 5 nitrogen and oxygen atoms in total. The Bertz CT molecular complexity index is 476. The molecule has 1 aromatic rings. The number of carbonyl (C=O) groups is 1. The molecule has 3 heterocycles. The van der Waals surface area contributed by atoms with Crippen LogP contribution in [0, 0.1) is 5.92 Å². The molecule has 0 unspecified atom stereocenters. The number of likely N-dealkylation sites (tertiary alicyclic amines) is 1. The normalized spacial score (nSPS) is 27.0. The summed E-state index contributed by atoms with van der Waals surface area (Å²) in [5, 5.41) is 11.5. The summed E-state index contributed by atoms with van der Waals surface area (Å²) in [6.45, 7) is 4.77. The van der Waals surface area contributed by atoms with Crippen molar-refractivity contribution in [3.63, 3.8) is 0 Å². The highest BCUT2D eigenvalue weighted by atomic mass is 16.2. The van der Waals surface area contributed by atoms with Crippen LogP contribution in [-0.2, 0) is 11.2 Å². The zero-order chi connectivity index (χ0) is 14.7. The highest BCUT2D eigenvalue weighted by molar-refractivity contribution is 5.86. The van der Waals surface area contributed by atoms with E-state index in [4.69, 9.17) is 0 Å². The van der Waals surface area contributed by atoms with Gasteiger partial charge in [-0.25, -0.2) is 0 Å². The standard InChI is InChI=1S/C16H24N4O/c1-16(7-3-8-17-16)15(21)20-10-5-13(6-11-20)12-14-4-2-9-18-19-14/h2,4,9,13,17H,3,5-8,10-12H2,1H3/t16-/m1/s1. The summed E-state index contributed by atoms with van der Waals surface area (Å²) < 4.78 is 0. The van der Waals surface area contributed by atoms with E-state index in [1.165, 1.54) is 0 Å². The van der Waals surface area contributed by atoms with Crippen LogP contribution in [-0.4, -0.2) is 46.2 Å². The van der Waals surface area contributed by atoms with Crippen molar-refractivity contribution in [2.75, 3.05) is 19.6 Å². The van der Waals surface area contributed by atoms with Gasteiger partial charge < -0.3 is 10.2 Å². The third-order valence-electron chi connectivity index (χ3n) is 4.87. The number of hydrogen-bond acceptors (Lipinski definition) is 4. The Labute approximate surface area is 126 Å². The van der Waals surface area contributed by atoms with Crippen molar-refractivity contribution in [3.8, 4) is 0 Å². The number of carbonyl (C=O) groups excluding carboxylic acids is 1. The second-order valence-electron chi connectivity index (χ2n) is 6.52. The van der Waals surface area contributed by atoms with Crippen LogP contribution in [0.3, 0.4) is 0 Å². The topological polar surface area (TPSA) is 58.1 Å². The van der Waals surface area contributed by atoms with Gasteiger partial charge in [0, 0.05) is 19.3 Å². The summed E-state index contributed by atoms with van der Waals surface area (Å²) in [5.41, 5.74) is 0.740. The van der Waals surface area contributed by atoms with Gasteiger partial charge in [0.1, 0.15) is 0 Å². The molecule has 1 atom stereocenters. The van der Waals surface area contributed by atoms with Crippen LogP contribution in [0.5, 0.6) is 0 Å². The smallest absolute Gasteiger partial charge is 0.242 e. The van der Waals surface area contributed by atoms with Crippen molar-refractivity contribution < 1.29 is 4.79 Å². The maximum atomic E-state index is 12.6. The maximum absolute atomic E-state index is 12.6. The molecule has 1 amide bonds. The Hall–Kier alpha value is -1.49. The minimum absolute atomic E-state index is 0.290. The average molecular weight is 288 g/mol. The van der Waals surface area contributed by atoms with Gasteiger partial charge in [0.2, 0.25) is 5.91 Å². The van der Waals surface area contributed by atoms with E-state index in [0.29, 0.717) is 5.92 Å². The number of amides is 1. The Morgan fingerprint density at radius 2 is 2.29 bits per heavy atom. The van der Waals surface area contributed by atoms with E-state index >= 15 is 0 Å². The summed E-state index contributed by atoms with van der Waals surface area (Å²) in [6, 6.07) is 3.97. The third-order valence-corrected chi connectivity index (χ3v) is 4.87. The highest BCUT2D eigenvalue weighted by Crippen LogP contribution is 2.26. The lowest BCUT2D eigenvalue weighted by Crippen LogP contribution is -2.54. The van der Waals surface area contributed by atoms with Crippen LogP contribution in [0.1, 0.15) is 38.3 Å². The summed E-state index contributed by atoms with van der Waals surface area (Å²) in [6.07, 6.45) is 6.89. The first-order valence-electron chi connectivity index (χ1n) is 7.98. The highest BCUT2D eigenvalue weighted by Gasteiger charge is 2.39. The fourth-order valence-electron chi connectivity index (χ4n) is 3.50. The Morgan fingerprint density at radius 1 is 1.48 bits per heavy atom. The molecule has 21 heavy (non-hydrogen) atoms. The van der Waals surface area contributed by atoms with E-state index < -0.39 is 0 Å². The molecule has 0 aromatic carbocycles. The molecule has 0 saturated carbocycles. The van der Waals surface area contributed by atoms with E-state index in [9.17, 15) is 4.79 Å². The zero-order valence-corrected chi connectivity index (χ0v) is 12.7. The van der Waals surface area contributed by atoms with Gasteiger partial charge in [0.25, 0.3) is 0 Å². The predicted molar refractivity (Wildman–Crippen MR) is 80.7 cm³/mol. The van der Waals surface area contributed by atoms with Crippen molar-refractivity contribution in [2.45, 2.75) is 44.6 Å². The lowest BCUT2D eigenvalue weighted by Gasteiger charge is -2.37. The Balaban J connectivity index is 1.52. The third kappa shape index (κ3) is 3.23. The predicted octanol–water partition coefficient (Wildman–Crippen LogP) is 1.40. The molecule has 114 valence electrons. The van der Waals surface area contributed by atoms with Crippen LogP contribution >= 0.6 is 0 Å². The van der Waals surface area contributed by atoms with E-state index in [0.717, 1.165) is 57.4 Å². The monoisotopic (exact) mass is 288 g/mol. The van der Waals surface area contributed by atoms with Crippen LogP contribution in [0.2, 0.25) is 0 Å². The molecule has 2 saturated heterocycles. The SMILES string of the molecule is C[C@]1(C(=O)N2CCC(Cc3cccnn3)CC2)CCCN1. The first-order chi connectivity index (χ1) is 10.2. The molecule has 0 radical (unpaired) electrons. The van der Waals surface area contributed by atoms with Gasteiger partial charge in [-0.3, -0.25) is 4.79 Å². The number of rotatable bonds is 3. The number of piperidine rings is 1. The summed E-state index contributed by atoms with van der Waals surface area (Å²) in [7, 11) is 0. The van der Waals surface area contributed by atoms with Crippen LogP contribution in [0.4, 0.5) is 0 Å². The second-order valence-corrected chi connectivity index (χ2v) is 6.52. The summed E-state index contributed by atoms with van der Waals surface area (Å²) in [4.78, 5) is 14.7. The van der Waals surface area contributed by atoms with Gasteiger partial charge >= 0.3 is 0 Å². The second kappa shape index (κ2) is 6.10. The number of aromatic nitrogens is 2. The molecule has 5 heteroatoms. The molecule has 1 aromatic heterocycles. The summed E-state index contributed by atoms with van der Waals surface area (Å²) >= 11 is 0. The molecule has 0 aliphatic carbocycles. The minimum atomic E-state index is -0.322. The molecular formula is C16H24N4O. The lowest BCUT2D eigenvalue weighted by molar-refractivity contribution is -0.138. The van der Waals surface area contributed by atoms with Gasteiger partial charge in [-0.1, -0.05) is 0 Å². The quantitative estimate of drug-likeness (QED) is 0.913. The average Bonchev–Trinajstić information content (AvgIpc) is 2.96. The molecule has 3 rings (SSSR count). The number of nitrogens with zero attached hydrogens (tertiary/aromatic N) is 3. The fraction of sp³-hybridized carbons (Fsp3) is 0.688. The first kappa shape index (κ1) is 14.4. The van der Waals surface area contributed by atoms with Gasteiger partial charge in [-0.15, -0.1) is 0 Å².